The average Bonchev–Trinajstić information content (AvgIpc) is 2.90. The van der Waals surface area contributed by atoms with Gasteiger partial charge in [0.1, 0.15) is 24.6 Å². The lowest BCUT2D eigenvalue weighted by Gasteiger charge is -2.17. The SMILES string of the molecule is Nc1ncnc2c1nc(Br)n2[C@@H]1O[C@H](CO)C(O)[C@H]1O. The lowest BCUT2D eigenvalue weighted by atomic mass is 10.1. The number of rotatable bonds is 2. The number of halogens is 1. The fourth-order valence-electron chi connectivity index (χ4n) is 2.22. The molecule has 0 bridgehead atoms. The van der Waals surface area contributed by atoms with Crippen molar-refractivity contribution in [3.8, 4) is 0 Å². The highest BCUT2D eigenvalue weighted by Gasteiger charge is 2.44. The van der Waals surface area contributed by atoms with E-state index in [4.69, 9.17) is 15.6 Å². The summed E-state index contributed by atoms with van der Waals surface area (Å²) in [5.41, 5.74) is 6.43. The minimum Gasteiger partial charge on any atom is -0.394 e. The minimum absolute atomic E-state index is 0.196. The fraction of sp³-hybridized carbons (Fsp3) is 0.500. The molecule has 108 valence electrons. The number of fused-ring (bicyclic) bond motifs is 1. The van der Waals surface area contributed by atoms with Gasteiger partial charge in [-0.3, -0.25) is 4.57 Å². The van der Waals surface area contributed by atoms with Crippen LogP contribution in [0.3, 0.4) is 0 Å². The van der Waals surface area contributed by atoms with Gasteiger partial charge in [-0.2, -0.15) is 0 Å². The van der Waals surface area contributed by atoms with Crippen LogP contribution >= 0.6 is 15.9 Å². The Kier molecular flexibility index (Phi) is 3.34. The predicted molar refractivity (Wildman–Crippen MR) is 70.4 cm³/mol. The third-order valence-electron chi connectivity index (χ3n) is 3.23. The molecular formula is C10H12BrN5O4. The number of hydrogen-bond acceptors (Lipinski definition) is 8. The molecule has 1 unspecified atom stereocenters. The second-order valence-electron chi connectivity index (χ2n) is 4.41. The van der Waals surface area contributed by atoms with Crippen LogP contribution in [0.15, 0.2) is 11.1 Å². The number of imidazole rings is 1. The molecule has 2 aromatic rings. The summed E-state index contributed by atoms with van der Waals surface area (Å²) in [6.07, 6.45) is -2.97. The van der Waals surface area contributed by atoms with Gasteiger partial charge in [0.25, 0.3) is 0 Å². The van der Waals surface area contributed by atoms with Crippen LogP contribution in [0.2, 0.25) is 0 Å². The lowest BCUT2D eigenvalue weighted by Crippen LogP contribution is -2.33. The topological polar surface area (TPSA) is 140 Å². The molecule has 0 radical (unpaired) electrons. The number of ether oxygens (including phenoxy) is 1. The molecule has 10 heteroatoms. The maximum absolute atomic E-state index is 10.1. The molecule has 5 N–H and O–H groups in total. The van der Waals surface area contributed by atoms with Crippen LogP contribution in [0.1, 0.15) is 6.23 Å². The second-order valence-corrected chi connectivity index (χ2v) is 5.12. The summed E-state index contributed by atoms with van der Waals surface area (Å²) >= 11 is 3.24. The van der Waals surface area contributed by atoms with Gasteiger partial charge >= 0.3 is 0 Å². The van der Waals surface area contributed by atoms with Gasteiger partial charge in [-0.25, -0.2) is 15.0 Å². The standard InChI is InChI=1S/C10H12BrN5O4/c11-10-15-4-7(12)13-2-14-8(4)16(10)9-6(19)5(18)3(1-17)20-9/h2-3,5-6,9,17-19H,1H2,(H2,12,13,14)/t3-,5?,6-,9-/m1/s1. The summed E-state index contributed by atoms with van der Waals surface area (Å²) in [4.78, 5) is 12.1. The van der Waals surface area contributed by atoms with Crippen molar-refractivity contribution in [1.82, 2.24) is 19.5 Å². The monoisotopic (exact) mass is 345 g/mol. The smallest absolute Gasteiger partial charge is 0.181 e. The van der Waals surface area contributed by atoms with Crippen molar-refractivity contribution >= 4 is 32.9 Å². The highest BCUT2D eigenvalue weighted by molar-refractivity contribution is 9.10. The molecule has 20 heavy (non-hydrogen) atoms. The summed E-state index contributed by atoms with van der Waals surface area (Å²) in [7, 11) is 0. The number of nitrogen functional groups attached to an aromatic ring is 1. The van der Waals surface area contributed by atoms with Crippen LogP contribution in [0.4, 0.5) is 5.82 Å². The Balaban J connectivity index is 2.11. The molecule has 0 spiro atoms. The Morgan fingerprint density at radius 3 is 2.75 bits per heavy atom. The summed E-state index contributed by atoms with van der Waals surface area (Å²) in [6, 6.07) is 0. The lowest BCUT2D eigenvalue weighted by molar-refractivity contribution is -0.0521. The first kappa shape index (κ1) is 13.6. The van der Waals surface area contributed by atoms with Gasteiger partial charge in [0.2, 0.25) is 0 Å². The van der Waals surface area contributed by atoms with E-state index in [2.05, 4.69) is 30.9 Å². The van der Waals surface area contributed by atoms with E-state index < -0.39 is 31.1 Å². The first-order valence-corrected chi connectivity index (χ1v) is 6.60. The van der Waals surface area contributed by atoms with Crippen molar-refractivity contribution in [1.29, 1.82) is 0 Å². The third kappa shape index (κ3) is 1.88. The van der Waals surface area contributed by atoms with Crippen molar-refractivity contribution in [2.75, 3.05) is 12.3 Å². The normalized spacial score (nSPS) is 30.2. The van der Waals surface area contributed by atoms with Gasteiger partial charge in [-0.05, 0) is 15.9 Å². The molecule has 3 rings (SSSR count). The van der Waals surface area contributed by atoms with E-state index in [0.717, 1.165) is 0 Å². The van der Waals surface area contributed by atoms with Crippen LogP contribution in [0, 0.1) is 0 Å². The van der Waals surface area contributed by atoms with E-state index in [1.165, 1.54) is 10.9 Å². The molecule has 0 amide bonds. The molecule has 1 aliphatic heterocycles. The fourth-order valence-corrected chi connectivity index (χ4v) is 2.77. The molecular weight excluding hydrogens is 334 g/mol. The van der Waals surface area contributed by atoms with Crippen molar-refractivity contribution in [3.05, 3.63) is 11.1 Å². The highest BCUT2D eigenvalue weighted by atomic mass is 79.9. The van der Waals surface area contributed by atoms with Gasteiger partial charge in [-0.15, -0.1) is 0 Å². The Bertz CT molecular complexity index is 650. The van der Waals surface area contributed by atoms with Crippen LogP contribution in [0.5, 0.6) is 0 Å². The van der Waals surface area contributed by atoms with Gasteiger partial charge in [0, 0.05) is 0 Å². The van der Waals surface area contributed by atoms with Gasteiger partial charge in [0.05, 0.1) is 6.61 Å². The van der Waals surface area contributed by atoms with Crippen LogP contribution in [-0.2, 0) is 4.74 Å². The molecule has 1 saturated heterocycles. The largest absolute Gasteiger partial charge is 0.394 e. The van der Waals surface area contributed by atoms with Gasteiger partial charge < -0.3 is 25.8 Å². The van der Waals surface area contributed by atoms with E-state index in [1.807, 2.05) is 0 Å². The third-order valence-corrected chi connectivity index (χ3v) is 3.79. The Morgan fingerprint density at radius 2 is 2.10 bits per heavy atom. The zero-order chi connectivity index (χ0) is 14.4. The van der Waals surface area contributed by atoms with Crippen molar-refractivity contribution in [3.63, 3.8) is 0 Å². The summed E-state index contributed by atoms with van der Waals surface area (Å²) in [6.45, 7) is -0.407. The molecule has 1 aliphatic rings. The number of aliphatic hydroxyl groups excluding tert-OH is 3. The average molecular weight is 346 g/mol. The molecule has 0 saturated carbocycles. The quantitative estimate of drug-likeness (QED) is 0.496. The Labute approximate surface area is 121 Å². The Morgan fingerprint density at radius 1 is 1.35 bits per heavy atom. The molecule has 4 atom stereocenters. The highest BCUT2D eigenvalue weighted by Crippen LogP contribution is 2.34. The molecule has 2 aromatic heterocycles. The minimum atomic E-state index is -1.22. The number of nitrogens with zero attached hydrogens (tertiary/aromatic N) is 4. The predicted octanol–water partition coefficient (Wildman–Crippen LogP) is -1.22. The number of hydrogen-bond donors (Lipinski definition) is 4. The Hall–Kier alpha value is -1.33. The van der Waals surface area contributed by atoms with Crippen LogP contribution < -0.4 is 5.73 Å². The van der Waals surface area contributed by atoms with E-state index in [1.54, 1.807) is 0 Å². The number of nitrogens with two attached hydrogens (primary N) is 1. The summed E-state index contributed by atoms with van der Waals surface area (Å²) in [5, 5.41) is 29.0. The molecule has 9 nitrogen and oxygen atoms in total. The van der Waals surface area contributed by atoms with E-state index in [0.29, 0.717) is 15.9 Å². The van der Waals surface area contributed by atoms with Gasteiger partial charge in [-0.1, -0.05) is 0 Å². The zero-order valence-corrected chi connectivity index (χ0v) is 11.7. The molecule has 1 fully saturated rings. The van der Waals surface area contributed by atoms with E-state index >= 15 is 0 Å². The maximum Gasteiger partial charge on any atom is 0.181 e. The van der Waals surface area contributed by atoms with E-state index in [9.17, 15) is 10.2 Å². The van der Waals surface area contributed by atoms with Crippen LogP contribution in [-0.4, -0.2) is 59.8 Å². The molecule has 0 aromatic carbocycles. The number of aliphatic hydroxyl groups is 3. The summed E-state index contributed by atoms with van der Waals surface area (Å²) in [5.74, 6) is 0.196. The maximum atomic E-state index is 10.1. The molecule has 3 heterocycles. The molecule has 0 aliphatic carbocycles. The van der Waals surface area contributed by atoms with Crippen molar-refractivity contribution < 1.29 is 20.1 Å². The first-order chi connectivity index (χ1) is 9.54. The van der Waals surface area contributed by atoms with E-state index in [-0.39, 0.29) is 5.82 Å². The number of anilines is 1. The second kappa shape index (κ2) is 4.90. The summed E-state index contributed by atoms with van der Waals surface area (Å²) < 4.78 is 7.23. The first-order valence-electron chi connectivity index (χ1n) is 5.81. The van der Waals surface area contributed by atoms with Crippen molar-refractivity contribution in [2.24, 2.45) is 0 Å². The van der Waals surface area contributed by atoms with Gasteiger partial charge in [0.15, 0.2) is 27.9 Å². The zero-order valence-electron chi connectivity index (χ0n) is 10.1. The number of aromatic nitrogens is 4. The van der Waals surface area contributed by atoms with Crippen LogP contribution in [0.25, 0.3) is 11.2 Å². The van der Waals surface area contributed by atoms with Crippen molar-refractivity contribution in [2.45, 2.75) is 24.5 Å².